The van der Waals surface area contributed by atoms with Crippen LogP contribution in [0, 0.1) is 13.8 Å². The van der Waals surface area contributed by atoms with Gasteiger partial charge >= 0.3 is 0 Å². The highest BCUT2D eigenvalue weighted by molar-refractivity contribution is 5.33. The van der Waals surface area contributed by atoms with Gasteiger partial charge in [0.2, 0.25) is 0 Å². The molecule has 82 valence electrons. The highest BCUT2D eigenvalue weighted by atomic mass is 16.5. The molecule has 0 bridgehead atoms. The summed E-state index contributed by atoms with van der Waals surface area (Å²) in [7, 11) is 0. The minimum Gasteiger partial charge on any atom is -0.492 e. The molecule has 1 aromatic rings. The topological polar surface area (TPSA) is 21.3 Å². The third kappa shape index (κ3) is 2.72. The zero-order valence-corrected chi connectivity index (χ0v) is 9.55. The van der Waals surface area contributed by atoms with E-state index in [0.717, 1.165) is 18.9 Å². The summed E-state index contributed by atoms with van der Waals surface area (Å²) >= 11 is 0. The number of benzene rings is 1. The predicted molar refractivity (Wildman–Crippen MR) is 62.4 cm³/mol. The number of rotatable bonds is 3. The molecule has 0 unspecified atom stereocenters. The van der Waals surface area contributed by atoms with Crippen LogP contribution in [0.3, 0.4) is 0 Å². The van der Waals surface area contributed by atoms with Gasteiger partial charge in [0.05, 0.1) is 0 Å². The van der Waals surface area contributed by atoms with Crippen molar-refractivity contribution in [1.82, 2.24) is 5.32 Å². The second kappa shape index (κ2) is 4.67. The summed E-state index contributed by atoms with van der Waals surface area (Å²) in [6.45, 7) is 6.18. The smallest absolute Gasteiger partial charge is 0.119 e. The van der Waals surface area contributed by atoms with E-state index in [0.29, 0.717) is 6.04 Å². The zero-order chi connectivity index (χ0) is 10.7. The lowest BCUT2D eigenvalue weighted by molar-refractivity contribution is 0.277. The molecule has 1 N–H and O–H groups in total. The standard InChI is InChI=1S/C13H19NO/c1-10-5-6-13(8-11(10)2)15-9-12-4-3-7-14-12/h5-6,8,12,14H,3-4,7,9H2,1-2H3/t12-/m0/s1. The molecule has 2 heteroatoms. The van der Waals surface area contributed by atoms with Gasteiger partial charge < -0.3 is 10.1 Å². The molecule has 15 heavy (non-hydrogen) atoms. The molecule has 0 aromatic heterocycles. The minimum atomic E-state index is 0.548. The Kier molecular flexibility index (Phi) is 3.27. The Balaban J connectivity index is 1.90. The summed E-state index contributed by atoms with van der Waals surface area (Å²) in [4.78, 5) is 0. The highest BCUT2D eigenvalue weighted by Crippen LogP contribution is 2.17. The van der Waals surface area contributed by atoms with Crippen LogP contribution in [-0.2, 0) is 0 Å². The Labute approximate surface area is 91.6 Å². The molecular formula is C13H19NO. The first kappa shape index (κ1) is 10.5. The van der Waals surface area contributed by atoms with Crippen molar-refractivity contribution in [3.05, 3.63) is 29.3 Å². The predicted octanol–water partition coefficient (Wildman–Crippen LogP) is 2.43. The molecule has 1 aliphatic rings. The van der Waals surface area contributed by atoms with Gasteiger partial charge in [0.1, 0.15) is 12.4 Å². The van der Waals surface area contributed by atoms with Gasteiger partial charge in [0, 0.05) is 6.04 Å². The fourth-order valence-corrected chi connectivity index (χ4v) is 1.90. The van der Waals surface area contributed by atoms with Crippen LogP contribution in [0.2, 0.25) is 0 Å². The Hall–Kier alpha value is -1.02. The monoisotopic (exact) mass is 205 g/mol. The van der Waals surface area contributed by atoms with Gasteiger partial charge in [-0.15, -0.1) is 0 Å². The van der Waals surface area contributed by atoms with Crippen LogP contribution in [0.4, 0.5) is 0 Å². The van der Waals surface area contributed by atoms with Crippen LogP contribution < -0.4 is 10.1 Å². The number of ether oxygens (including phenoxy) is 1. The Morgan fingerprint density at radius 3 is 2.87 bits per heavy atom. The largest absolute Gasteiger partial charge is 0.492 e. The van der Waals surface area contributed by atoms with Crippen molar-refractivity contribution in [2.75, 3.05) is 13.2 Å². The lowest BCUT2D eigenvalue weighted by atomic mass is 10.1. The fourth-order valence-electron chi connectivity index (χ4n) is 1.90. The van der Waals surface area contributed by atoms with Crippen LogP contribution in [0.1, 0.15) is 24.0 Å². The van der Waals surface area contributed by atoms with E-state index in [4.69, 9.17) is 4.74 Å². The Bertz CT molecular complexity index is 329. The van der Waals surface area contributed by atoms with Crippen molar-refractivity contribution in [2.45, 2.75) is 32.7 Å². The highest BCUT2D eigenvalue weighted by Gasteiger charge is 2.14. The van der Waals surface area contributed by atoms with Crippen molar-refractivity contribution in [3.63, 3.8) is 0 Å². The maximum absolute atomic E-state index is 5.76. The van der Waals surface area contributed by atoms with E-state index in [-0.39, 0.29) is 0 Å². The van der Waals surface area contributed by atoms with Crippen molar-refractivity contribution >= 4 is 0 Å². The third-order valence-electron chi connectivity index (χ3n) is 3.09. The summed E-state index contributed by atoms with van der Waals surface area (Å²) in [5, 5.41) is 3.43. The molecule has 0 radical (unpaired) electrons. The zero-order valence-electron chi connectivity index (χ0n) is 9.55. The first-order chi connectivity index (χ1) is 7.25. The number of hydrogen-bond donors (Lipinski definition) is 1. The molecule has 0 spiro atoms. The average Bonchev–Trinajstić information content (AvgIpc) is 2.73. The van der Waals surface area contributed by atoms with Gasteiger partial charge in [-0.3, -0.25) is 0 Å². The molecule has 1 aromatic carbocycles. The summed E-state index contributed by atoms with van der Waals surface area (Å²) < 4.78 is 5.76. The molecule has 1 heterocycles. The van der Waals surface area contributed by atoms with E-state index < -0.39 is 0 Å². The third-order valence-corrected chi connectivity index (χ3v) is 3.09. The van der Waals surface area contributed by atoms with E-state index >= 15 is 0 Å². The second-order valence-electron chi connectivity index (χ2n) is 4.35. The molecule has 1 atom stereocenters. The molecule has 1 fully saturated rings. The lowest BCUT2D eigenvalue weighted by Gasteiger charge is -2.12. The molecule has 0 saturated carbocycles. The Morgan fingerprint density at radius 1 is 1.33 bits per heavy atom. The molecule has 1 saturated heterocycles. The molecular weight excluding hydrogens is 186 g/mol. The van der Waals surface area contributed by atoms with Crippen molar-refractivity contribution in [2.24, 2.45) is 0 Å². The average molecular weight is 205 g/mol. The van der Waals surface area contributed by atoms with E-state index in [9.17, 15) is 0 Å². The molecule has 2 nitrogen and oxygen atoms in total. The number of hydrogen-bond acceptors (Lipinski definition) is 2. The lowest BCUT2D eigenvalue weighted by Crippen LogP contribution is -2.28. The van der Waals surface area contributed by atoms with Crippen molar-refractivity contribution in [1.29, 1.82) is 0 Å². The number of aryl methyl sites for hydroxylation is 2. The second-order valence-corrected chi connectivity index (χ2v) is 4.35. The Morgan fingerprint density at radius 2 is 2.20 bits per heavy atom. The van der Waals surface area contributed by atoms with Crippen molar-refractivity contribution < 1.29 is 4.74 Å². The normalized spacial score (nSPS) is 20.5. The van der Waals surface area contributed by atoms with Gasteiger partial charge in [0.15, 0.2) is 0 Å². The van der Waals surface area contributed by atoms with E-state index in [1.807, 2.05) is 0 Å². The van der Waals surface area contributed by atoms with E-state index in [1.165, 1.54) is 24.0 Å². The first-order valence-corrected chi connectivity index (χ1v) is 5.69. The van der Waals surface area contributed by atoms with Gasteiger partial charge in [-0.1, -0.05) is 6.07 Å². The molecule has 0 aliphatic carbocycles. The maximum atomic E-state index is 5.76. The van der Waals surface area contributed by atoms with Gasteiger partial charge in [-0.05, 0) is 56.5 Å². The first-order valence-electron chi connectivity index (χ1n) is 5.69. The fraction of sp³-hybridized carbons (Fsp3) is 0.538. The molecule has 1 aliphatic heterocycles. The van der Waals surface area contributed by atoms with Crippen LogP contribution >= 0.6 is 0 Å². The van der Waals surface area contributed by atoms with Crippen LogP contribution in [0.25, 0.3) is 0 Å². The summed E-state index contributed by atoms with van der Waals surface area (Å²) in [5.41, 5.74) is 2.62. The molecule has 2 rings (SSSR count). The summed E-state index contributed by atoms with van der Waals surface area (Å²) in [5.74, 6) is 0.992. The summed E-state index contributed by atoms with van der Waals surface area (Å²) in [6.07, 6.45) is 2.52. The van der Waals surface area contributed by atoms with Gasteiger partial charge in [-0.25, -0.2) is 0 Å². The summed E-state index contributed by atoms with van der Waals surface area (Å²) in [6, 6.07) is 6.83. The van der Waals surface area contributed by atoms with Crippen LogP contribution in [0.15, 0.2) is 18.2 Å². The van der Waals surface area contributed by atoms with E-state index in [1.54, 1.807) is 0 Å². The SMILES string of the molecule is Cc1ccc(OC[C@@H]2CCCN2)cc1C. The van der Waals surface area contributed by atoms with Gasteiger partial charge in [-0.2, -0.15) is 0 Å². The van der Waals surface area contributed by atoms with Crippen molar-refractivity contribution in [3.8, 4) is 5.75 Å². The van der Waals surface area contributed by atoms with E-state index in [2.05, 4.69) is 37.4 Å². The molecule has 0 amide bonds. The van der Waals surface area contributed by atoms with Gasteiger partial charge in [0.25, 0.3) is 0 Å². The maximum Gasteiger partial charge on any atom is 0.119 e. The quantitative estimate of drug-likeness (QED) is 0.818. The number of nitrogens with one attached hydrogen (secondary N) is 1. The van der Waals surface area contributed by atoms with Crippen LogP contribution in [-0.4, -0.2) is 19.2 Å². The minimum absolute atomic E-state index is 0.548. The van der Waals surface area contributed by atoms with Crippen LogP contribution in [0.5, 0.6) is 5.75 Å².